The first-order chi connectivity index (χ1) is 9.87. The Morgan fingerprint density at radius 1 is 1.24 bits per heavy atom. The van der Waals surface area contributed by atoms with Crippen molar-refractivity contribution in [1.82, 2.24) is 9.80 Å². The highest BCUT2D eigenvalue weighted by atomic mass is 32.2. The standard InChI is InChI=1S/C14H27N3O3S/c1-21(19,20)10-6-13(15)14(18)17-9-5-12(11-17)16-7-3-2-4-8-16/h12-13H,2-11,15H2,1H3. The van der Waals surface area contributed by atoms with Gasteiger partial charge in [0.1, 0.15) is 9.84 Å². The fourth-order valence-electron chi connectivity index (χ4n) is 3.22. The summed E-state index contributed by atoms with van der Waals surface area (Å²) in [6.07, 6.45) is 6.19. The van der Waals surface area contributed by atoms with Gasteiger partial charge in [0.25, 0.3) is 0 Å². The lowest BCUT2D eigenvalue weighted by Gasteiger charge is -2.32. The van der Waals surface area contributed by atoms with Crippen LogP contribution in [0.3, 0.4) is 0 Å². The number of hydrogen-bond acceptors (Lipinski definition) is 5. The number of likely N-dealkylation sites (tertiary alicyclic amines) is 2. The molecule has 2 N–H and O–H groups in total. The molecule has 1 amide bonds. The molecule has 0 aliphatic carbocycles. The first kappa shape index (κ1) is 16.7. The fraction of sp³-hybridized carbons (Fsp3) is 0.929. The second kappa shape index (κ2) is 7.07. The van der Waals surface area contributed by atoms with E-state index >= 15 is 0 Å². The van der Waals surface area contributed by atoms with Gasteiger partial charge in [-0.25, -0.2) is 8.42 Å². The van der Waals surface area contributed by atoms with Crippen molar-refractivity contribution >= 4 is 15.7 Å². The van der Waals surface area contributed by atoms with Gasteiger partial charge in [0.15, 0.2) is 0 Å². The Balaban J connectivity index is 1.81. The molecule has 0 aromatic rings. The SMILES string of the molecule is CS(=O)(=O)CCC(N)C(=O)N1CCC(N2CCCCC2)C1. The van der Waals surface area contributed by atoms with Gasteiger partial charge in [-0.1, -0.05) is 6.42 Å². The maximum Gasteiger partial charge on any atom is 0.239 e. The van der Waals surface area contributed by atoms with Crippen LogP contribution in [0.25, 0.3) is 0 Å². The Morgan fingerprint density at radius 2 is 1.90 bits per heavy atom. The van der Waals surface area contributed by atoms with E-state index < -0.39 is 15.9 Å². The van der Waals surface area contributed by atoms with Crippen LogP contribution in [-0.4, -0.2) is 74.4 Å². The predicted molar refractivity (Wildman–Crippen MR) is 82.7 cm³/mol. The van der Waals surface area contributed by atoms with E-state index in [4.69, 9.17) is 5.73 Å². The van der Waals surface area contributed by atoms with Crippen LogP contribution in [0.2, 0.25) is 0 Å². The third kappa shape index (κ3) is 4.93. The van der Waals surface area contributed by atoms with Gasteiger partial charge in [-0.05, 0) is 38.8 Å². The Kier molecular flexibility index (Phi) is 5.62. The molecule has 0 saturated carbocycles. The summed E-state index contributed by atoms with van der Waals surface area (Å²) in [4.78, 5) is 16.6. The average Bonchev–Trinajstić information content (AvgIpc) is 2.94. The number of carbonyl (C=O) groups is 1. The molecule has 2 fully saturated rings. The van der Waals surface area contributed by atoms with E-state index in [9.17, 15) is 13.2 Å². The minimum atomic E-state index is -3.06. The molecule has 2 unspecified atom stereocenters. The third-order valence-corrected chi connectivity index (χ3v) is 5.48. The second-order valence-corrected chi connectivity index (χ2v) is 8.61. The van der Waals surface area contributed by atoms with Crippen molar-refractivity contribution in [3.63, 3.8) is 0 Å². The van der Waals surface area contributed by atoms with Gasteiger partial charge in [0.05, 0.1) is 11.8 Å². The van der Waals surface area contributed by atoms with Gasteiger partial charge >= 0.3 is 0 Å². The molecule has 7 heteroatoms. The van der Waals surface area contributed by atoms with Crippen molar-refractivity contribution in [1.29, 1.82) is 0 Å². The van der Waals surface area contributed by atoms with Crippen molar-refractivity contribution in [2.24, 2.45) is 5.73 Å². The van der Waals surface area contributed by atoms with Gasteiger partial charge in [0, 0.05) is 25.4 Å². The molecule has 2 aliphatic rings. The lowest BCUT2D eigenvalue weighted by Crippen LogP contribution is -2.46. The summed E-state index contributed by atoms with van der Waals surface area (Å²) in [7, 11) is -3.06. The van der Waals surface area contributed by atoms with Crippen molar-refractivity contribution in [2.75, 3.05) is 38.2 Å². The summed E-state index contributed by atoms with van der Waals surface area (Å²) in [5.41, 5.74) is 5.86. The Hall–Kier alpha value is -0.660. The van der Waals surface area contributed by atoms with Crippen molar-refractivity contribution in [3.05, 3.63) is 0 Å². The highest BCUT2D eigenvalue weighted by molar-refractivity contribution is 7.90. The zero-order valence-corrected chi connectivity index (χ0v) is 13.6. The van der Waals surface area contributed by atoms with E-state index in [2.05, 4.69) is 4.90 Å². The van der Waals surface area contributed by atoms with E-state index in [0.29, 0.717) is 6.04 Å². The van der Waals surface area contributed by atoms with Crippen LogP contribution in [0, 0.1) is 0 Å². The Labute approximate surface area is 127 Å². The van der Waals surface area contributed by atoms with Gasteiger partial charge in [-0.2, -0.15) is 0 Å². The molecule has 2 saturated heterocycles. The molecule has 0 spiro atoms. The number of rotatable bonds is 5. The summed E-state index contributed by atoms with van der Waals surface area (Å²) in [5, 5.41) is 0. The van der Waals surface area contributed by atoms with Gasteiger partial charge in [-0.3, -0.25) is 9.69 Å². The van der Waals surface area contributed by atoms with Crippen LogP contribution in [-0.2, 0) is 14.6 Å². The zero-order chi connectivity index (χ0) is 15.5. The summed E-state index contributed by atoms with van der Waals surface area (Å²) < 4.78 is 22.3. The molecule has 0 bridgehead atoms. The van der Waals surface area contributed by atoms with Crippen LogP contribution in [0.5, 0.6) is 0 Å². The molecular formula is C14H27N3O3S. The molecule has 6 nitrogen and oxygen atoms in total. The molecular weight excluding hydrogens is 290 g/mol. The number of carbonyl (C=O) groups excluding carboxylic acids is 1. The zero-order valence-electron chi connectivity index (χ0n) is 12.8. The molecule has 0 aromatic carbocycles. The Morgan fingerprint density at radius 3 is 2.52 bits per heavy atom. The highest BCUT2D eigenvalue weighted by Gasteiger charge is 2.32. The average molecular weight is 317 g/mol. The quantitative estimate of drug-likeness (QED) is 0.761. The van der Waals surface area contributed by atoms with Gasteiger partial charge in [-0.15, -0.1) is 0 Å². The summed E-state index contributed by atoms with van der Waals surface area (Å²) in [6.45, 7) is 3.75. The second-order valence-electron chi connectivity index (χ2n) is 6.35. The summed E-state index contributed by atoms with van der Waals surface area (Å²) >= 11 is 0. The summed E-state index contributed by atoms with van der Waals surface area (Å²) in [6, 6.07) is -0.240. The number of nitrogens with two attached hydrogens (primary N) is 1. The molecule has 122 valence electrons. The number of piperidine rings is 1. The molecule has 2 atom stereocenters. The Bertz CT molecular complexity index is 460. The van der Waals surface area contributed by atoms with Crippen LogP contribution in [0.4, 0.5) is 0 Å². The smallest absolute Gasteiger partial charge is 0.239 e. The van der Waals surface area contributed by atoms with Crippen molar-refractivity contribution < 1.29 is 13.2 Å². The van der Waals surface area contributed by atoms with Crippen molar-refractivity contribution in [3.8, 4) is 0 Å². The van der Waals surface area contributed by atoms with Gasteiger partial charge < -0.3 is 10.6 Å². The normalized spacial score (nSPS) is 26.0. The maximum absolute atomic E-state index is 12.3. The molecule has 21 heavy (non-hydrogen) atoms. The van der Waals surface area contributed by atoms with E-state index in [1.165, 1.54) is 25.5 Å². The molecule has 0 radical (unpaired) electrons. The lowest BCUT2D eigenvalue weighted by atomic mass is 10.1. The molecule has 2 heterocycles. The predicted octanol–water partition coefficient (Wildman–Crippen LogP) is -0.165. The van der Waals surface area contributed by atoms with Gasteiger partial charge in [0.2, 0.25) is 5.91 Å². The molecule has 0 aromatic heterocycles. The topological polar surface area (TPSA) is 83.7 Å². The number of sulfone groups is 1. The van der Waals surface area contributed by atoms with E-state index in [0.717, 1.165) is 32.6 Å². The van der Waals surface area contributed by atoms with Crippen LogP contribution >= 0.6 is 0 Å². The highest BCUT2D eigenvalue weighted by Crippen LogP contribution is 2.20. The fourth-order valence-corrected chi connectivity index (χ4v) is 3.90. The largest absolute Gasteiger partial charge is 0.340 e. The molecule has 2 rings (SSSR count). The maximum atomic E-state index is 12.3. The molecule has 2 aliphatic heterocycles. The monoisotopic (exact) mass is 317 g/mol. The van der Waals surface area contributed by atoms with Crippen LogP contribution in [0.1, 0.15) is 32.1 Å². The minimum Gasteiger partial charge on any atom is -0.340 e. The number of nitrogens with zero attached hydrogens (tertiary/aromatic N) is 2. The van der Waals surface area contributed by atoms with Crippen LogP contribution < -0.4 is 5.73 Å². The third-order valence-electron chi connectivity index (χ3n) is 4.50. The van der Waals surface area contributed by atoms with Crippen molar-refractivity contribution in [2.45, 2.75) is 44.2 Å². The summed E-state index contributed by atoms with van der Waals surface area (Å²) in [5.74, 6) is -0.123. The first-order valence-electron chi connectivity index (χ1n) is 7.83. The minimum absolute atomic E-state index is 0.0245. The van der Waals surface area contributed by atoms with E-state index in [1.54, 1.807) is 0 Å². The number of hydrogen-bond donors (Lipinski definition) is 1. The van der Waals surface area contributed by atoms with Crippen LogP contribution in [0.15, 0.2) is 0 Å². The van der Waals surface area contributed by atoms with E-state index in [-0.39, 0.29) is 18.1 Å². The van der Waals surface area contributed by atoms with E-state index in [1.807, 2.05) is 4.90 Å². The first-order valence-corrected chi connectivity index (χ1v) is 9.89. The number of amides is 1. The lowest BCUT2D eigenvalue weighted by molar-refractivity contribution is -0.131.